The summed E-state index contributed by atoms with van der Waals surface area (Å²) in [5, 5.41) is 12.9. The van der Waals surface area contributed by atoms with Crippen LogP contribution in [0.2, 0.25) is 0 Å². The molecule has 0 aromatic heterocycles. The maximum absolute atomic E-state index is 9.55. The van der Waals surface area contributed by atoms with Gasteiger partial charge in [-0.3, -0.25) is 0 Å². The van der Waals surface area contributed by atoms with Crippen LogP contribution in [0, 0.1) is 0 Å². The predicted octanol–water partition coefficient (Wildman–Crippen LogP) is 1.01. The molecule has 1 heterocycles. The largest absolute Gasteiger partial charge is 0.391 e. The zero-order valence-electron chi connectivity index (χ0n) is 12.8. The molecule has 2 N–H and O–H groups in total. The van der Waals surface area contributed by atoms with Crippen LogP contribution in [-0.2, 0) is 16.0 Å². The van der Waals surface area contributed by atoms with E-state index in [1.165, 1.54) is 11.3 Å². The summed E-state index contributed by atoms with van der Waals surface area (Å²) in [6.07, 6.45) is 0.325. The Hall–Kier alpha value is -1.14. The van der Waals surface area contributed by atoms with Crippen LogP contribution in [0.15, 0.2) is 24.3 Å². The van der Waals surface area contributed by atoms with E-state index in [2.05, 4.69) is 34.5 Å². The van der Waals surface area contributed by atoms with Crippen molar-refractivity contribution in [2.45, 2.75) is 19.1 Å². The van der Waals surface area contributed by atoms with E-state index in [0.29, 0.717) is 13.0 Å². The van der Waals surface area contributed by atoms with Gasteiger partial charge >= 0.3 is 0 Å². The minimum atomic E-state index is -0.383. The number of nitrogens with one attached hydrogen (secondary N) is 1. The van der Waals surface area contributed by atoms with Crippen molar-refractivity contribution in [3.63, 3.8) is 0 Å². The van der Waals surface area contributed by atoms with Gasteiger partial charge in [-0.15, -0.1) is 0 Å². The third kappa shape index (κ3) is 5.63. The van der Waals surface area contributed by atoms with Crippen LogP contribution in [-0.4, -0.2) is 57.8 Å². The van der Waals surface area contributed by atoms with Crippen LogP contribution in [0.5, 0.6) is 0 Å². The number of rotatable bonds is 8. The Labute approximate surface area is 126 Å². The molecule has 0 spiro atoms. The fourth-order valence-corrected chi connectivity index (χ4v) is 2.42. The monoisotopic (exact) mass is 294 g/mol. The summed E-state index contributed by atoms with van der Waals surface area (Å²) in [5.41, 5.74) is 2.52. The number of hydrogen-bond donors (Lipinski definition) is 2. The van der Waals surface area contributed by atoms with E-state index in [1.807, 2.05) is 0 Å². The maximum Gasteiger partial charge on any atom is 0.0785 e. The van der Waals surface area contributed by atoms with Gasteiger partial charge in [-0.2, -0.15) is 0 Å². The quantitative estimate of drug-likeness (QED) is 0.701. The molecule has 5 nitrogen and oxygen atoms in total. The van der Waals surface area contributed by atoms with E-state index in [0.717, 1.165) is 39.4 Å². The lowest BCUT2D eigenvalue weighted by Crippen LogP contribution is -2.36. The first-order chi connectivity index (χ1) is 10.3. The number of ether oxygens (including phenoxy) is 2. The molecule has 1 atom stereocenters. The molecule has 5 heteroatoms. The summed E-state index contributed by atoms with van der Waals surface area (Å²) in [6.45, 7) is 5.57. The number of aliphatic hydroxyl groups excluding tert-OH is 1. The van der Waals surface area contributed by atoms with Crippen molar-refractivity contribution in [3.8, 4) is 0 Å². The maximum atomic E-state index is 9.55. The molecule has 0 radical (unpaired) electrons. The number of nitrogens with zero attached hydrogens (tertiary/aromatic N) is 1. The topological polar surface area (TPSA) is 54.0 Å². The van der Waals surface area contributed by atoms with E-state index in [4.69, 9.17) is 9.47 Å². The van der Waals surface area contributed by atoms with Crippen LogP contribution in [0.3, 0.4) is 0 Å². The summed E-state index contributed by atoms with van der Waals surface area (Å²) in [7, 11) is 1.60. The number of morpholine rings is 1. The molecule has 1 fully saturated rings. The van der Waals surface area contributed by atoms with Gasteiger partial charge in [0.1, 0.15) is 0 Å². The Morgan fingerprint density at radius 1 is 1.29 bits per heavy atom. The summed E-state index contributed by atoms with van der Waals surface area (Å²) in [5.74, 6) is 0. The van der Waals surface area contributed by atoms with Gasteiger partial charge in [-0.05, 0) is 30.7 Å². The van der Waals surface area contributed by atoms with Gasteiger partial charge < -0.3 is 24.8 Å². The van der Waals surface area contributed by atoms with Gasteiger partial charge in [-0.25, -0.2) is 0 Å². The Kier molecular flexibility index (Phi) is 6.95. The molecule has 1 aliphatic heterocycles. The average Bonchev–Trinajstić information content (AvgIpc) is 2.53. The SMILES string of the molecule is COCC(O)CCNCc1ccc(N2CCOCC2)cc1. The predicted molar refractivity (Wildman–Crippen MR) is 83.7 cm³/mol. The summed E-state index contributed by atoms with van der Waals surface area (Å²) in [6, 6.07) is 8.65. The van der Waals surface area contributed by atoms with E-state index < -0.39 is 0 Å². The Balaban J connectivity index is 1.69. The highest BCUT2D eigenvalue weighted by Crippen LogP contribution is 2.16. The van der Waals surface area contributed by atoms with Crippen molar-refractivity contribution in [1.29, 1.82) is 0 Å². The van der Waals surface area contributed by atoms with Crippen LogP contribution < -0.4 is 10.2 Å². The molecule has 0 amide bonds. The molecular formula is C16H26N2O3. The third-order valence-electron chi connectivity index (χ3n) is 3.66. The lowest BCUT2D eigenvalue weighted by molar-refractivity contribution is 0.0594. The highest BCUT2D eigenvalue weighted by atomic mass is 16.5. The molecule has 1 saturated heterocycles. The number of hydrogen-bond acceptors (Lipinski definition) is 5. The lowest BCUT2D eigenvalue weighted by atomic mass is 10.2. The first kappa shape index (κ1) is 16.2. The Morgan fingerprint density at radius 3 is 2.67 bits per heavy atom. The summed E-state index contributed by atoms with van der Waals surface area (Å²) in [4.78, 5) is 2.35. The van der Waals surface area contributed by atoms with E-state index in [1.54, 1.807) is 7.11 Å². The van der Waals surface area contributed by atoms with Crippen LogP contribution in [0.1, 0.15) is 12.0 Å². The second-order valence-corrected chi connectivity index (χ2v) is 5.34. The fourth-order valence-electron chi connectivity index (χ4n) is 2.42. The first-order valence-electron chi connectivity index (χ1n) is 7.59. The van der Waals surface area contributed by atoms with Crippen LogP contribution >= 0.6 is 0 Å². The second kappa shape index (κ2) is 9.00. The van der Waals surface area contributed by atoms with Gasteiger partial charge in [-0.1, -0.05) is 12.1 Å². The normalized spacial score (nSPS) is 17.0. The van der Waals surface area contributed by atoms with Crippen molar-refractivity contribution < 1.29 is 14.6 Å². The van der Waals surface area contributed by atoms with Crippen molar-refractivity contribution >= 4 is 5.69 Å². The molecule has 1 aromatic carbocycles. The summed E-state index contributed by atoms with van der Waals surface area (Å²) < 4.78 is 10.3. The van der Waals surface area contributed by atoms with Gasteiger partial charge in [0.15, 0.2) is 0 Å². The standard InChI is InChI=1S/C16H26N2O3/c1-20-13-16(19)6-7-17-12-14-2-4-15(5-3-14)18-8-10-21-11-9-18/h2-5,16-17,19H,6-13H2,1H3. The second-order valence-electron chi connectivity index (χ2n) is 5.34. The Morgan fingerprint density at radius 2 is 2.00 bits per heavy atom. The van der Waals surface area contributed by atoms with Crippen LogP contribution in [0.4, 0.5) is 5.69 Å². The lowest BCUT2D eigenvalue weighted by Gasteiger charge is -2.28. The summed E-state index contributed by atoms with van der Waals surface area (Å²) >= 11 is 0. The third-order valence-corrected chi connectivity index (χ3v) is 3.66. The van der Waals surface area contributed by atoms with E-state index in [-0.39, 0.29) is 6.10 Å². The fraction of sp³-hybridized carbons (Fsp3) is 0.625. The van der Waals surface area contributed by atoms with Crippen molar-refractivity contribution in [2.75, 3.05) is 51.5 Å². The molecule has 0 bridgehead atoms. The molecule has 0 aliphatic carbocycles. The molecule has 118 valence electrons. The van der Waals surface area contributed by atoms with Crippen LogP contribution in [0.25, 0.3) is 0 Å². The van der Waals surface area contributed by atoms with Gasteiger partial charge in [0, 0.05) is 32.4 Å². The molecule has 1 unspecified atom stereocenters. The molecule has 21 heavy (non-hydrogen) atoms. The number of methoxy groups -OCH3 is 1. The zero-order valence-corrected chi connectivity index (χ0v) is 12.8. The van der Waals surface area contributed by atoms with E-state index in [9.17, 15) is 5.11 Å². The van der Waals surface area contributed by atoms with Gasteiger partial charge in [0.2, 0.25) is 0 Å². The zero-order chi connectivity index (χ0) is 14.9. The first-order valence-corrected chi connectivity index (χ1v) is 7.59. The van der Waals surface area contributed by atoms with Crippen molar-refractivity contribution in [1.82, 2.24) is 5.32 Å². The van der Waals surface area contributed by atoms with Gasteiger partial charge in [0.25, 0.3) is 0 Å². The highest BCUT2D eigenvalue weighted by molar-refractivity contribution is 5.47. The molecule has 0 saturated carbocycles. The van der Waals surface area contributed by atoms with Gasteiger partial charge in [0.05, 0.1) is 25.9 Å². The number of benzene rings is 1. The molecular weight excluding hydrogens is 268 g/mol. The molecule has 1 aliphatic rings. The highest BCUT2D eigenvalue weighted by Gasteiger charge is 2.10. The smallest absolute Gasteiger partial charge is 0.0785 e. The minimum absolute atomic E-state index is 0.383. The average molecular weight is 294 g/mol. The Bertz CT molecular complexity index is 391. The van der Waals surface area contributed by atoms with Crippen molar-refractivity contribution in [2.24, 2.45) is 0 Å². The number of aliphatic hydroxyl groups is 1. The van der Waals surface area contributed by atoms with Crippen molar-refractivity contribution in [3.05, 3.63) is 29.8 Å². The number of anilines is 1. The van der Waals surface area contributed by atoms with E-state index >= 15 is 0 Å². The minimum Gasteiger partial charge on any atom is -0.391 e. The molecule has 2 rings (SSSR count). The molecule has 1 aromatic rings.